The molecule has 0 radical (unpaired) electrons. The Balaban J connectivity index is 1.81. The molecule has 2 amide bonds. The maximum absolute atomic E-state index is 11.7. The number of thiophene rings is 1. The first-order valence-corrected chi connectivity index (χ1v) is 7.08. The van der Waals surface area contributed by atoms with Crippen molar-refractivity contribution in [2.24, 2.45) is 5.92 Å². The molecule has 2 atom stereocenters. The molecule has 0 saturated heterocycles. The van der Waals surface area contributed by atoms with Crippen molar-refractivity contribution < 1.29 is 4.79 Å². The van der Waals surface area contributed by atoms with Crippen LogP contribution in [0.3, 0.4) is 0 Å². The fourth-order valence-electron chi connectivity index (χ4n) is 1.79. The van der Waals surface area contributed by atoms with Crippen LogP contribution in [0.1, 0.15) is 37.6 Å². The molecule has 1 aromatic heterocycles. The van der Waals surface area contributed by atoms with E-state index >= 15 is 0 Å². The van der Waals surface area contributed by atoms with E-state index in [1.54, 1.807) is 0 Å². The fourth-order valence-corrected chi connectivity index (χ4v) is 2.85. The lowest BCUT2D eigenvalue weighted by molar-refractivity contribution is 0.233. The second kappa shape index (κ2) is 5.27. The highest BCUT2D eigenvalue weighted by molar-refractivity contribution is 7.16. The zero-order valence-electron chi connectivity index (χ0n) is 10.00. The minimum Gasteiger partial charge on any atom is -0.335 e. The standard InChI is InChI=1S/C12H17ClN2OS/c1-7(9-3-4-9)14-12(16)15-8(2)10-5-6-11(13)17-10/h5-9H,3-4H2,1-2H3,(H2,14,15,16). The van der Waals surface area contributed by atoms with Crippen molar-refractivity contribution in [3.63, 3.8) is 0 Å². The van der Waals surface area contributed by atoms with E-state index in [4.69, 9.17) is 11.6 Å². The molecular weight excluding hydrogens is 256 g/mol. The van der Waals surface area contributed by atoms with Gasteiger partial charge in [0.25, 0.3) is 0 Å². The molecule has 0 spiro atoms. The summed E-state index contributed by atoms with van der Waals surface area (Å²) in [5.74, 6) is 0.673. The predicted molar refractivity (Wildman–Crippen MR) is 71.6 cm³/mol. The molecule has 1 fully saturated rings. The molecule has 1 aromatic rings. The summed E-state index contributed by atoms with van der Waals surface area (Å²) in [5, 5.41) is 5.90. The van der Waals surface area contributed by atoms with Gasteiger partial charge in [-0.2, -0.15) is 0 Å². The highest BCUT2D eigenvalue weighted by Crippen LogP contribution is 2.32. The third-order valence-electron chi connectivity index (χ3n) is 3.06. The molecule has 3 nitrogen and oxygen atoms in total. The van der Waals surface area contributed by atoms with Crippen molar-refractivity contribution in [3.05, 3.63) is 21.3 Å². The van der Waals surface area contributed by atoms with E-state index in [2.05, 4.69) is 17.6 Å². The van der Waals surface area contributed by atoms with Gasteiger partial charge in [0.2, 0.25) is 0 Å². The van der Waals surface area contributed by atoms with Crippen molar-refractivity contribution in [2.75, 3.05) is 0 Å². The first kappa shape index (κ1) is 12.7. The smallest absolute Gasteiger partial charge is 0.315 e. The SMILES string of the molecule is CC(NC(=O)NC(C)C1CC1)c1ccc(Cl)s1. The zero-order valence-corrected chi connectivity index (χ0v) is 11.6. The summed E-state index contributed by atoms with van der Waals surface area (Å²) < 4.78 is 0.750. The van der Waals surface area contributed by atoms with Gasteiger partial charge in [-0.3, -0.25) is 0 Å². The van der Waals surface area contributed by atoms with Gasteiger partial charge in [-0.05, 0) is 44.7 Å². The number of halogens is 1. The minimum atomic E-state index is -0.0959. The van der Waals surface area contributed by atoms with Crippen LogP contribution < -0.4 is 10.6 Å². The van der Waals surface area contributed by atoms with Crippen molar-refractivity contribution in [1.29, 1.82) is 0 Å². The number of urea groups is 1. The Bertz CT molecular complexity index is 403. The number of hydrogen-bond acceptors (Lipinski definition) is 2. The number of carbonyl (C=O) groups is 1. The van der Waals surface area contributed by atoms with Crippen LogP contribution in [-0.4, -0.2) is 12.1 Å². The average molecular weight is 273 g/mol. The molecule has 2 N–H and O–H groups in total. The largest absolute Gasteiger partial charge is 0.335 e. The van der Waals surface area contributed by atoms with Gasteiger partial charge in [-0.15, -0.1) is 11.3 Å². The van der Waals surface area contributed by atoms with E-state index in [0.29, 0.717) is 5.92 Å². The van der Waals surface area contributed by atoms with Crippen LogP contribution in [0.2, 0.25) is 4.34 Å². The van der Waals surface area contributed by atoms with Crippen LogP contribution in [0.4, 0.5) is 4.79 Å². The molecule has 1 saturated carbocycles. The fraction of sp³-hybridized carbons (Fsp3) is 0.583. The summed E-state index contributed by atoms with van der Waals surface area (Å²) in [6.07, 6.45) is 2.47. The molecule has 2 unspecified atom stereocenters. The number of amides is 2. The maximum atomic E-state index is 11.7. The Hall–Kier alpha value is -0.740. The van der Waals surface area contributed by atoms with Crippen LogP contribution in [0.15, 0.2) is 12.1 Å². The predicted octanol–water partition coefficient (Wildman–Crippen LogP) is 3.56. The monoisotopic (exact) mass is 272 g/mol. The number of rotatable bonds is 4. The van der Waals surface area contributed by atoms with Gasteiger partial charge in [0.05, 0.1) is 10.4 Å². The highest BCUT2D eigenvalue weighted by atomic mass is 35.5. The molecule has 17 heavy (non-hydrogen) atoms. The zero-order chi connectivity index (χ0) is 12.4. The van der Waals surface area contributed by atoms with Gasteiger partial charge in [-0.25, -0.2) is 4.79 Å². The summed E-state index contributed by atoms with van der Waals surface area (Å²) in [4.78, 5) is 12.8. The Labute approximate surface area is 111 Å². The number of carbonyl (C=O) groups excluding carboxylic acids is 1. The highest BCUT2D eigenvalue weighted by Gasteiger charge is 2.29. The van der Waals surface area contributed by atoms with Gasteiger partial charge >= 0.3 is 6.03 Å². The third kappa shape index (κ3) is 3.61. The van der Waals surface area contributed by atoms with Crippen molar-refractivity contribution >= 4 is 29.0 Å². The first-order valence-electron chi connectivity index (χ1n) is 5.88. The third-order valence-corrected chi connectivity index (χ3v) is 4.47. The lowest BCUT2D eigenvalue weighted by Gasteiger charge is -2.17. The molecular formula is C12H17ClN2OS. The van der Waals surface area contributed by atoms with E-state index in [1.807, 2.05) is 19.1 Å². The van der Waals surface area contributed by atoms with Crippen LogP contribution in [0.25, 0.3) is 0 Å². The molecule has 2 rings (SSSR count). The van der Waals surface area contributed by atoms with E-state index in [0.717, 1.165) is 9.21 Å². The Kier molecular flexibility index (Phi) is 3.94. The number of nitrogens with one attached hydrogen (secondary N) is 2. The van der Waals surface area contributed by atoms with Crippen LogP contribution in [0, 0.1) is 5.92 Å². The molecule has 5 heteroatoms. The minimum absolute atomic E-state index is 0.00102. The van der Waals surface area contributed by atoms with Gasteiger partial charge in [-0.1, -0.05) is 11.6 Å². The lowest BCUT2D eigenvalue weighted by atomic mass is 10.2. The molecule has 1 aliphatic rings. The Morgan fingerprint density at radius 1 is 1.41 bits per heavy atom. The summed E-state index contributed by atoms with van der Waals surface area (Å²) in [7, 11) is 0. The average Bonchev–Trinajstić information content (AvgIpc) is 3.01. The van der Waals surface area contributed by atoms with E-state index in [1.165, 1.54) is 24.2 Å². The van der Waals surface area contributed by atoms with E-state index in [9.17, 15) is 4.79 Å². The van der Waals surface area contributed by atoms with Crippen molar-refractivity contribution in [2.45, 2.75) is 38.8 Å². The summed E-state index contributed by atoms with van der Waals surface area (Å²) in [6, 6.07) is 3.97. The van der Waals surface area contributed by atoms with Gasteiger partial charge < -0.3 is 10.6 Å². The second-order valence-electron chi connectivity index (χ2n) is 4.61. The number of hydrogen-bond donors (Lipinski definition) is 2. The van der Waals surface area contributed by atoms with Gasteiger partial charge in [0.1, 0.15) is 0 Å². The maximum Gasteiger partial charge on any atom is 0.315 e. The van der Waals surface area contributed by atoms with Crippen molar-refractivity contribution in [3.8, 4) is 0 Å². The quantitative estimate of drug-likeness (QED) is 0.865. The Morgan fingerprint density at radius 3 is 2.65 bits per heavy atom. The van der Waals surface area contributed by atoms with Gasteiger partial charge in [0.15, 0.2) is 0 Å². The molecule has 1 aliphatic carbocycles. The molecule has 0 aromatic carbocycles. The molecule has 0 aliphatic heterocycles. The summed E-state index contributed by atoms with van der Waals surface area (Å²) in [5.41, 5.74) is 0. The van der Waals surface area contributed by atoms with Crippen LogP contribution >= 0.6 is 22.9 Å². The molecule has 1 heterocycles. The lowest BCUT2D eigenvalue weighted by Crippen LogP contribution is -2.42. The first-order chi connectivity index (χ1) is 8.06. The summed E-state index contributed by atoms with van der Waals surface area (Å²) in [6.45, 7) is 4.02. The van der Waals surface area contributed by atoms with Crippen LogP contribution in [-0.2, 0) is 0 Å². The molecule has 94 valence electrons. The normalized spacial score (nSPS) is 18.5. The Morgan fingerprint density at radius 2 is 2.12 bits per heavy atom. The van der Waals surface area contributed by atoms with E-state index < -0.39 is 0 Å². The van der Waals surface area contributed by atoms with Crippen molar-refractivity contribution in [1.82, 2.24) is 10.6 Å². The molecule has 0 bridgehead atoms. The second-order valence-corrected chi connectivity index (χ2v) is 6.35. The van der Waals surface area contributed by atoms with Gasteiger partial charge in [0, 0.05) is 10.9 Å². The van der Waals surface area contributed by atoms with Crippen LogP contribution in [0.5, 0.6) is 0 Å². The topological polar surface area (TPSA) is 41.1 Å². The summed E-state index contributed by atoms with van der Waals surface area (Å²) >= 11 is 7.36. The van der Waals surface area contributed by atoms with E-state index in [-0.39, 0.29) is 18.1 Å².